The van der Waals surface area contributed by atoms with Gasteiger partial charge in [-0.05, 0) is 46.9 Å². The molecule has 1 aliphatic rings. The van der Waals surface area contributed by atoms with Gasteiger partial charge in [0.05, 0.1) is 0 Å². The summed E-state index contributed by atoms with van der Waals surface area (Å²) < 4.78 is 0. The number of amides is 2. The molecule has 0 saturated carbocycles. The van der Waals surface area contributed by atoms with E-state index in [0.29, 0.717) is 18.4 Å². The number of benzene rings is 2. The molecule has 123 valence electrons. The number of carbonyl (C=O) groups excluding carboxylic acids is 2. The molecule has 0 saturated heterocycles. The Morgan fingerprint density at radius 2 is 1.67 bits per heavy atom. The van der Waals surface area contributed by atoms with Crippen molar-refractivity contribution >= 4 is 22.6 Å². The first-order valence-corrected chi connectivity index (χ1v) is 7.61. The van der Waals surface area contributed by atoms with Gasteiger partial charge in [-0.2, -0.15) is 0 Å². The summed E-state index contributed by atoms with van der Waals surface area (Å²) in [5.74, 6) is -0.167. The van der Waals surface area contributed by atoms with Crippen LogP contribution in [-0.2, 0) is 50.3 Å². The molecule has 1 atom stereocenters. The summed E-state index contributed by atoms with van der Waals surface area (Å²) in [7, 11) is 5.01. The second kappa shape index (κ2) is 6.93. The molecule has 2 aromatic carbocycles. The van der Waals surface area contributed by atoms with E-state index in [1.165, 1.54) is 7.05 Å². The first-order valence-electron chi connectivity index (χ1n) is 7.61. The van der Waals surface area contributed by atoms with E-state index in [4.69, 9.17) is 0 Å². The van der Waals surface area contributed by atoms with Gasteiger partial charge in [-0.15, -0.1) is 12.5 Å². The van der Waals surface area contributed by atoms with Gasteiger partial charge in [0.2, 0.25) is 0 Å². The zero-order valence-electron chi connectivity index (χ0n) is 14.3. The van der Waals surface area contributed by atoms with E-state index in [1.807, 2.05) is 18.2 Å². The van der Waals surface area contributed by atoms with Crippen LogP contribution < -0.4 is 0 Å². The van der Waals surface area contributed by atoms with Gasteiger partial charge in [-0.3, -0.25) is 4.79 Å². The van der Waals surface area contributed by atoms with E-state index in [1.54, 1.807) is 19.0 Å². The first-order chi connectivity index (χ1) is 10.8. The van der Waals surface area contributed by atoms with Gasteiger partial charge in [-0.1, -0.05) is 18.2 Å². The van der Waals surface area contributed by atoms with Crippen LogP contribution in [0.25, 0.3) is 16.1 Å². The molecule has 1 unspecified atom stereocenters. The number of rotatable bonds is 2. The Balaban J connectivity index is 0.00000208. The van der Waals surface area contributed by atoms with Crippen molar-refractivity contribution < 1.29 is 42.3 Å². The summed E-state index contributed by atoms with van der Waals surface area (Å²) in [5, 5.41) is 5.89. The molecule has 2 aromatic rings. The van der Waals surface area contributed by atoms with Gasteiger partial charge >= 0.3 is 0 Å². The Morgan fingerprint density at radius 1 is 1.08 bits per heavy atom. The van der Waals surface area contributed by atoms with E-state index in [9.17, 15) is 9.59 Å². The summed E-state index contributed by atoms with van der Waals surface area (Å²) >= 11 is 0. The molecule has 5 heteroatoms. The van der Waals surface area contributed by atoms with E-state index in [2.05, 4.69) is 24.4 Å². The van der Waals surface area contributed by atoms with Crippen LogP contribution >= 0.6 is 0 Å². The Morgan fingerprint density at radius 3 is 2.21 bits per heavy atom. The fourth-order valence-corrected chi connectivity index (χ4v) is 3.29. The maximum atomic E-state index is 12.1. The quantitative estimate of drug-likeness (QED) is 0.732. The second-order valence-corrected chi connectivity index (χ2v) is 6.55. The van der Waals surface area contributed by atoms with Gasteiger partial charge in [-0.25, -0.2) is 0 Å². The van der Waals surface area contributed by atoms with Crippen LogP contribution in [0.15, 0.2) is 30.3 Å². The minimum Gasteiger partial charge on any atom is -0.658 e. The molecule has 2 amide bonds. The summed E-state index contributed by atoms with van der Waals surface area (Å²) in [4.78, 5) is 25.7. The van der Waals surface area contributed by atoms with E-state index in [-0.39, 0.29) is 44.5 Å². The fourth-order valence-electron chi connectivity index (χ4n) is 3.29. The van der Waals surface area contributed by atoms with E-state index < -0.39 is 5.41 Å². The fraction of sp³-hybridized carbons (Fsp3) is 0.316. The van der Waals surface area contributed by atoms with Gasteiger partial charge in [0.25, 0.3) is 5.91 Å². The molecule has 24 heavy (non-hydrogen) atoms. The number of carbonyl (C=O) groups is 2. The molecule has 0 bridgehead atoms. The molecule has 4 nitrogen and oxygen atoms in total. The maximum absolute atomic E-state index is 12.1. The molecule has 0 heterocycles. The predicted octanol–water partition coefficient (Wildman–Crippen LogP) is 2.99. The number of hydrogen-bond donors (Lipinski definition) is 0. The van der Waals surface area contributed by atoms with Crippen molar-refractivity contribution in [3.63, 3.8) is 0 Å². The molecule has 0 fully saturated rings. The van der Waals surface area contributed by atoms with E-state index >= 15 is 0 Å². The third-order valence-corrected chi connectivity index (χ3v) is 4.53. The monoisotopic (exact) mass is 397 g/mol. The van der Waals surface area contributed by atoms with Crippen molar-refractivity contribution in [3.05, 3.63) is 59.3 Å². The van der Waals surface area contributed by atoms with Crippen molar-refractivity contribution in [2.75, 3.05) is 21.1 Å². The molecule has 0 spiro atoms. The summed E-state index contributed by atoms with van der Waals surface area (Å²) in [5.41, 5.74) is 2.26. The minimum absolute atomic E-state index is 0. The second-order valence-electron chi connectivity index (χ2n) is 6.55. The van der Waals surface area contributed by atoms with Crippen LogP contribution in [0.2, 0.25) is 0 Å². The summed E-state index contributed by atoms with van der Waals surface area (Å²) in [6, 6.07) is 9.89. The van der Waals surface area contributed by atoms with Gasteiger partial charge < -0.3 is 21.9 Å². The van der Waals surface area contributed by atoms with Gasteiger partial charge in [0.15, 0.2) is 0 Å². The SMILES string of the molecule is [CH2-]C1(C(=O)[N-]C)Cc2cc3ccc(C(=O)N(C)C)cc3cc2C1.[Y]. The Labute approximate surface area is 167 Å². The molecule has 0 aromatic heterocycles. The molecule has 1 radical (unpaired) electrons. The van der Waals surface area contributed by atoms with Crippen LogP contribution in [0, 0.1) is 12.3 Å². The molecular weight excluding hydrogens is 377 g/mol. The van der Waals surface area contributed by atoms with Crippen LogP contribution in [-0.4, -0.2) is 37.9 Å². The Hall–Kier alpha value is -1.26. The minimum atomic E-state index is -0.684. The molecule has 0 aliphatic heterocycles. The summed E-state index contributed by atoms with van der Waals surface area (Å²) in [6.07, 6.45) is 1.22. The van der Waals surface area contributed by atoms with Crippen molar-refractivity contribution in [1.29, 1.82) is 0 Å². The first kappa shape index (κ1) is 19.1. The van der Waals surface area contributed by atoms with Gasteiger partial charge in [0, 0.05) is 58.3 Å². The number of fused-ring (bicyclic) bond motifs is 2. The molecule has 3 rings (SSSR count). The normalized spacial score (nSPS) is 18.7. The Bertz CT molecular complexity index is 816. The average molecular weight is 397 g/mol. The number of nitrogens with zero attached hydrogens (tertiary/aromatic N) is 2. The maximum Gasteiger partial charge on any atom is 0.253 e. The van der Waals surface area contributed by atoms with Crippen molar-refractivity contribution in [2.24, 2.45) is 5.41 Å². The van der Waals surface area contributed by atoms with Crippen molar-refractivity contribution in [2.45, 2.75) is 12.8 Å². The third-order valence-electron chi connectivity index (χ3n) is 4.53. The smallest absolute Gasteiger partial charge is 0.253 e. The predicted molar refractivity (Wildman–Crippen MR) is 91.5 cm³/mol. The zero-order valence-corrected chi connectivity index (χ0v) is 17.1. The standard InChI is InChI=1S/C19H21N2O2.Y/c1-19(18(23)20-2)10-15-7-12-5-6-13(17(22)21(3)4)8-14(12)9-16(15)11-19;/h5-9H,1,10-11H2,2-4H3,(H,20,23);/q-1;/p-1. The molecular formula is C19H20N2O2Y-2. The van der Waals surface area contributed by atoms with Gasteiger partial charge in [0.1, 0.15) is 0 Å². The zero-order chi connectivity index (χ0) is 16.8. The summed E-state index contributed by atoms with van der Waals surface area (Å²) in [6.45, 7) is 4.11. The third kappa shape index (κ3) is 3.27. The Kier molecular flexibility index (Phi) is 5.51. The topological polar surface area (TPSA) is 51.5 Å². The molecule has 1 aliphatic carbocycles. The average Bonchev–Trinajstić information content (AvgIpc) is 2.86. The van der Waals surface area contributed by atoms with Crippen molar-refractivity contribution in [3.8, 4) is 0 Å². The van der Waals surface area contributed by atoms with Crippen LogP contribution in [0.5, 0.6) is 0 Å². The van der Waals surface area contributed by atoms with Crippen LogP contribution in [0.4, 0.5) is 0 Å². The van der Waals surface area contributed by atoms with E-state index in [0.717, 1.165) is 21.9 Å². The number of hydrogen-bond acceptors (Lipinski definition) is 2. The largest absolute Gasteiger partial charge is 0.658 e. The molecule has 0 N–H and O–H groups in total. The van der Waals surface area contributed by atoms with Crippen LogP contribution in [0.1, 0.15) is 21.5 Å². The van der Waals surface area contributed by atoms with Crippen molar-refractivity contribution in [1.82, 2.24) is 4.90 Å². The van der Waals surface area contributed by atoms with Crippen LogP contribution in [0.3, 0.4) is 0 Å².